The number of amides is 1. The number of carboxylic acid groups (broad SMARTS) is 1. The predicted molar refractivity (Wildman–Crippen MR) is 73.6 cm³/mol. The molecule has 0 saturated heterocycles. The molecular weight excluding hydrogens is 274 g/mol. The molecule has 0 bridgehead atoms. The molecule has 21 heavy (non-hydrogen) atoms. The summed E-state index contributed by atoms with van der Waals surface area (Å²) in [6.45, 7) is 1.81. The molecule has 7 heteroatoms. The van der Waals surface area contributed by atoms with Gasteiger partial charge >= 0.3 is 5.97 Å². The Morgan fingerprint density at radius 2 is 2.19 bits per heavy atom. The molecule has 1 unspecified atom stereocenters. The summed E-state index contributed by atoms with van der Waals surface area (Å²) in [5, 5.41) is 12.7. The van der Waals surface area contributed by atoms with E-state index in [2.05, 4.69) is 10.1 Å². The number of rotatable bonds is 8. The lowest BCUT2D eigenvalue weighted by Gasteiger charge is -2.19. The number of nitrogens with zero attached hydrogens (tertiary/aromatic N) is 3. The Labute approximate surface area is 123 Å². The molecule has 0 radical (unpaired) electrons. The highest BCUT2D eigenvalue weighted by Gasteiger charge is 2.28. The largest absolute Gasteiger partial charge is 0.481 e. The van der Waals surface area contributed by atoms with Crippen molar-refractivity contribution < 1.29 is 19.2 Å². The van der Waals surface area contributed by atoms with Gasteiger partial charge in [0, 0.05) is 32.4 Å². The predicted octanol–water partition coefficient (Wildman–Crippen LogP) is 1.45. The van der Waals surface area contributed by atoms with Gasteiger partial charge in [0.1, 0.15) is 0 Å². The number of aromatic nitrogens is 2. The van der Waals surface area contributed by atoms with Gasteiger partial charge in [0.2, 0.25) is 11.8 Å². The maximum absolute atomic E-state index is 11.9. The maximum atomic E-state index is 11.9. The molecule has 1 aliphatic rings. The molecule has 1 aliphatic carbocycles. The lowest BCUT2D eigenvalue weighted by molar-refractivity contribution is -0.142. The second-order valence-corrected chi connectivity index (χ2v) is 5.69. The van der Waals surface area contributed by atoms with Crippen LogP contribution in [0.4, 0.5) is 0 Å². The van der Waals surface area contributed by atoms with Crippen LogP contribution in [0.25, 0.3) is 0 Å². The lowest BCUT2D eigenvalue weighted by atomic mass is 10.1. The van der Waals surface area contributed by atoms with Crippen molar-refractivity contribution in [3.05, 3.63) is 11.7 Å². The van der Waals surface area contributed by atoms with Crippen molar-refractivity contribution in [2.45, 2.75) is 44.9 Å². The van der Waals surface area contributed by atoms with Gasteiger partial charge in [-0.25, -0.2) is 0 Å². The first-order chi connectivity index (χ1) is 9.97. The first-order valence-electron chi connectivity index (χ1n) is 7.26. The molecule has 1 aromatic heterocycles. The minimum Gasteiger partial charge on any atom is -0.481 e. The van der Waals surface area contributed by atoms with Crippen molar-refractivity contribution in [2.24, 2.45) is 5.92 Å². The fourth-order valence-corrected chi connectivity index (χ4v) is 2.05. The molecule has 1 atom stereocenters. The van der Waals surface area contributed by atoms with Gasteiger partial charge in [-0.1, -0.05) is 12.1 Å². The number of carbonyl (C=O) groups is 2. The van der Waals surface area contributed by atoms with Crippen LogP contribution < -0.4 is 0 Å². The van der Waals surface area contributed by atoms with Gasteiger partial charge in [0.25, 0.3) is 0 Å². The molecule has 0 aromatic carbocycles. The zero-order valence-corrected chi connectivity index (χ0v) is 12.4. The second kappa shape index (κ2) is 6.69. The Bertz CT molecular complexity index is 510. The summed E-state index contributed by atoms with van der Waals surface area (Å²) in [7, 11) is 1.62. The molecule has 0 spiro atoms. The summed E-state index contributed by atoms with van der Waals surface area (Å²) >= 11 is 0. The summed E-state index contributed by atoms with van der Waals surface area (Å²) < 4.78 is 5.14. The maximum Gasteiger partial charge on any atom is 0.308 e. The monoisotopic (exact) mass is 295 g/mol. The highest BCUT2D eigenvalue weighted by Crippen LogP contribution is 2.38. The zero-order chi connectivity index (χ0) is 15.4. The van der Waals surface area contributed by atoms with E-state index in [9.17, 15) is 9.59 Å². The molecule has 0 aliphatic heterocycles. The molecule has 7 nitrogen and oxygen atoms in total. The molecule has 1 N–H and O–H groups in total. The highest BCUT2D eigenvalue weighted by atomic mass is 16.5. The third kappa shape index (κ3) is 4.54. The lowest BCUT2D eigenvalue weighted by Crippen LogP contribution is -2.33. The fourth-order valence-electron chi connectivity index (χ4n) is 2.05. The number of hydrogen-bond acceptors (Lipinski definition) is 5. The van der Waals surface area contributed by atoms with Crippen molar-refractivity contribution in [1.29, 1.82) is 0 Å². The minimum absolute atomic E-state index is 0.0648. The summed E-state index contributed by atoms with van der Waals surface area (Å²) in [5.41, 5.74) is 0. The van der Waals surface area contributed by atoms with E-state index in [4.69, 9.17) is 9.63 Å². The topological polar surface area (TPSA) is 96.5 Å². The average molecular weight is 295 g/mol. The summed E-state index contributed by atoms with van der Waals surface area (Å²) in [6.07, 6.45) is 3.81. The van der Waals surface area contributed by atoms with E-state index in [0.717, 1.165) is 18.7 Å². The van der Waals surface area contributed by atoms with Gasteiger partial charge in [-0.2, -0.15) is 4.98 Å². The van der Waals surface area contributed by atoms with Crippen LogP contribution in [0.2, 0.25) is 0 Å². The van der Waals surface area contributed by atoms with E-state index < -0.39 is 11.9 Å². The highest BCUT2D eigenvalue weighted by molar-refractivity contribution is 5.77. The Morgan fingerprint density at radius 1 is 1.48 bits per heavy atom. The average Bonchev–Trinajstić information content (AvgIpc) is 3.18. The van der Waals surface area contributed by atoms with Crippen molar-refractivity contribution in [1.82, 2.24) is 15.0 Å². The van der Waals surface area contributed by atoms with Gasteiger partial charge in [-0.15, -0.1) is 0 Å². The number of carboxylic acids is 1. The number of aryl methyl sites for hydroxylation is 1. The molecule has 1 saturated carbocycles. The van der Waals surface area contributed by atoms with Gasteiger partial charge in [0.05, 0.1) is 5.92 Å². The standard InChI is InChI=1S/C14H21N3O4/c1-9(14(19)20)8-17(2)12(18)5-3-4-11-15-13(16-21-11)10-6-7-10/h9-10H,3-8H2,1-2H3,(H,19,20). The van der Waals surface area contributed by atoms with Crippen LogP contribution in [0.1, 0.15) is 50.2 Å². The van der Waals surface area contributed by atoms with E-state index in [-0.39, 0.29) is 12.5 Å². The summed E-state index contributed by atoms with van der Waals surface area (Å²) in [5.74, 6) is 0.303. The Balaban J connectivity index is 1.69. The summed E-state index contributed by atoms with van der Waals surface area (Å²) in [6, 6.07) is 0. The van der Waals surface area contributed by atoms with Crippen molar-refractivity contribution in [2.75, 3.05) is 13.6 Å². The molecule has 1 fully saturated rings. The van der Waals surface area contributed by atoms with Crippen LogP contribution in [-0.2, 0) is 16.0 Å². The molecular formula is C14H21N3O4. The van der Waals surface area contributed by atoms with Crippen molar-refractivity contribution in [3.8, 4) is 0 Å². The second-order valence-electron chi connectivity index (χ2n) is 5.69. The van der Waals surface area contributed by atoms with Crippen LogP contribution in [0, 0.1) is 5.92 Å². The van der Waals surface area contributed by atoms with Crippen LogP contribution in [0.15, 0.2) is 4.52 Å². The SMILES string of the molecule is CC(CN(C)C(=O)CCCc1nc(C2CC2)no1)C(=O)O. The van der Waals surface area contributed by atoms with E-state index in [0.29, 0.717) is 31.1 Å². The van der Waals surface area contributed by atoms with Crippen molar-refractivity contribution >= 4 is 11.9 Å². The molecule has 116 valence electrons. The quantitative estimate of drug-likeness (QED) is 0.779. The Kier molecular flexibility index (Phi) is 4.93. The third-order valence-electron chi connectivity index (χ3n) is 3.60. The first kappa shape index (κ1) is 15.5. The van der Waals surface area contributed by atoms with E-state index in [1.54, 1.807) is 14.0 Å². The minimum atomic E-state index is -0.895. The Morgan fingerprint density at radius 3 is 2.81 bits per heavy atom. The van der Waals surface area contributed by atoms with Gasteiger partial charge in [-0.05, 0) is 19.3 Å². The van der Waals surface area contributed by atoms with Crippen LogP contribution in [-0.4, -0.2) is 45.6 Å². The molecule has 1 amide bonds. The number of carbonyl (C=O) groups excluding carboxylic acids is 1. The third-order valence-corrected chi connectivity index (χ3v) is 3.60. The van der Waals surface area contributed by atoms with Gasteiger partial charge < -0.3 is 14.5 Å². The smallest absolute Gasteiger partial charge is 0.308 e. The van der Waals surface area contributed by atoms with E-state index in [1.165, 1.54) is 4.90 Å². The van der Waals surface area contributed by atoms with Gasteiger partial charge in [-0.3, -0.25) is 9.59 Å². The van der Waals surface area contributed by atoms with E-state index in [1.807, 2.05) is 0 Å². The fraction of sp³-hybridized carbons (Fsp3) is 0.714. The molecule has 1 heterocycles. The van der Waals surface area contributed by atoms with Crippen LogP contribution in [0.3, 0.4) is 0 Å². The normalized spacial score (nSPS) is 15.7. The van der Waals surface area contributed by atoms with Crippen molar-refractivity contribution in [3.63, 3.8) is 0 Å². The first-order valence-corrected chi connectivity index (χ1v) is 7.26. The Hall–Kier alpha value is -1.92. The molecule has 2 rings (SSSR count). The van der Waals surface area contributed by atoms with Crippen LogP contribution >= 0.6 is 0 Å². The van der Waals surface area contributed by atoms with Gasteiger partial charge in [0.15, 0.2) is 5.82 Å². The molecule has 1 aromatic rings. The number of aliphatic carboxylic acids is 1. The zero-order valence-electron chi connectivity index (χ0n) is 12.4. The van der Waals surface area contributed by atoms with E-state index >= 15 is 0 Å². The van der Waals surface area contributed by atoms with Crippen LogP contribution in [0.5, 0.6) is 0 Å². The summed E-state index contributed by atoms with van der Waals surface area (Å²) in [4.78, 5) is 28.4. The number of hydrogen-bond donors (Lipinski definition) is 1.